The summed E-state index contributed by atoms with van der Waals surface area (Å²) >= 11 is 0. The van der Waals surface area contributed by atoms with Gasteiger partial charge < -0.3 is 14.6 Å². The third-order valence-corrected chi connectivity index (χ3v) is 6.25. The van der Waals surface area contributed by atoms with Crippen molar-refractivity contribution in [2.75, 3.05) is 13.7 Å². The highest BCUT2D eigenvalue weighted by atomic mass is 16.5. The van der Waals surface area contributed by atoms with Crippen LogP contribution in [0.25, 0.3) is 21.9 Å². The van der Waals surface area contributed by atoms with E-state index in [9.17, 15) is 4.79 Å². The third kappa shape index (κ3) is 4.19. The fraction of sp³-hybridized carbons (Fsp3) is 0.250. The lowest BCUT2D eigenvalue weighted by atomic mass is 9.94. The van der Waals surface area contributed by atoms with Crippen molar-refractivity contribution in [1.82, 2.24) is 9.88 Å². The van der Waals surface area contributed by atoms with E-state index in [4.69, 9.17) is 4.74 Å². The summed E-state index contributed by atoms with van der Waals surface area (Å²) < 4.78 is 7.27. The normalized spacial score (nSPS) is 11.1. The van der Waals surface area contributed by atoms with Crippen molar-refractivity contribution in [1.29, 1.82) is 0 Å². The number of hydrogen-bond donors (Lipinski definition) is 1. The quantitative estimate of drug-likeness (QED) is 0.415. The van der Waals surface area contributed by atoms with Crippen LogP contribution in [-0.4, -0.2) is 18.2 Å². The molecule has 32 heavy (non-hydrogen) atoms. The second-order valence-electron chi connectivity index (χ2n) is 8.27. The Kier molecular flexibility index (Phi) is 6.42. The Morgan fingerprint density at radius 3 is 2.28 bits per heavy atom. The Bertz CT molecular complexity index is 1310. The fourth-order valence-electron chi connectivity index (χ4n) is 4.30. The summed E-state index contributed by atoms with van der Waals surface area (Å²) in [5.41, 5.74) is 6.79. The second kappa shape index (κ2) is 9.41. The van der Waals surface area contributed by atoms with E-state index in [1.54, 1.807) is 11.7 Å². The Balaban J connectivity index is 1.72. The molecule has 0 bridgehead atoms. The minimum atomic E-state index is 0.0457. The molecule has 164 valence electrons. The van der Waals surface area contributed by atoms with Crippen molar-refractivity contribution >= 4 is 10.8 Å². The zero-order valence-corrected chi connectivity index (χ0v) is 19.2. The van der Waals surface area contributed by atoms with E-state index in [0.717, 1.165) is 51.9 Å². The molecule has 0 fully saturated rings. The van der Waals surface area contributed by atoms with Crippen LogP contribution < -0.4 is 15.6 Å². The summed E-state index contributed by atoms with van der Waals surface area (Å²) in [7, 11) is 3.58. The molecule has 1 heterocycles. The van der Waals surface area contributed by atoms with Crippen molar-refractivity contribution in [3.8, 4) is 16.9 Å². The van der Waals surface area contributed by atoms with Crippen molar-refractivity contribution in [2.24, 2.45) is 7.05 Å². The number of fused-ring (bicyclic) bond motifs is 1. The smallest absolute Gasteiger partial charge is 0.258 e. The second-order valence-corrected chi connectivity index (χ2v) is 8.27. The lowest BCUT2D eigenvalue weighted by molar-refractivity contribution is 0.409. The highest BCUT2D eigenvalue weighted by Crippen LogP contribution is 2.32. The van der Waals surface area contributed by atoms with Gasteiger partial charge in [-0.1, -0.05) is 54.6 Å². The van der Waals surface area contributed by atoms with E-state index >= 15 is 0 Å². The monoisotopic (exact) mass is 426 g/mol. The number of pyridine rings is 1. The van der Waals surface area contributed by atoms with Crippen LogP contribution >= 0.6 is 0 Å². The van der Waals surface area contributed by atoms with Crippen molar-refractivity contribution in [2.45, 2.75) is 26.8 Å². The predicted molar refractivity (Wildman–Crippen MR) is 133 cm³/mol. The molecule has 0 amide bonds. The fourth-order valence-corrected chi connectivity index (χ4v) is 4.30. The summed E-state index contributed by atoms with van der Waals surface area (Å²) in [6, 6.07) is 22.6. The number of benzene rings is 3. The van der Waals surface area contributed by atoms with Crippen molar-refractivity contribution in [3.05, 3.63) is 99.5 Å². The maximum Gasteiger partial charge on any atom is 0.258 e. The van der Waals surface area contributed by atoms with Crippen LogP contribution in [0, 0.1) is 13.8 Å². The molecule has 4 aromatic rings. The van der Waals surface area contributed by atoms with Gasteiger partial charge >= 0.3 is 0 Å². The summed E-state index contributed by atoms with van der Waals surface area (Å²) in [5.74, 6) is 0.906. The topological polar surface area (TPSA) is 43.3 Å². The number of para-hydroxylation sites is 1. The molecule has 0 unspecified atom stereocenters. The number of aryl methyl sites for hydroxylation is 2. The number of nitrogens with zero attached hydrogens (tertiary/aromatic N) is 1. The molecule has 1 N–H and O–H groups in total. The maximum absolute atomic E-state index is 13.3. The molecule has 0 spiro atoms. The Hall–Kier alpha value is -3.37. The van der Waals surface area contributed by atoms with E-state index in [1.807, 2.05) is 49.5 Å². The zero-order valence-electron chi connectivity index (χ0n) is 19.2. The molecule has 0 aliphatic heterocycles. The minimum absolute atomic E-state index is 0.0457. The van der Waals surface area contributed by atoms with Crippen molar-refractivity contribution < 1.29 is 4.74 Å². The largest absolute Gasteiger partial charge is 0.496 e. The van der Waals surface area contributed by atoms with Crippen LogP contribution in [0.5, 0.6) is 5.75 Å². The van der Waals surface area contributed by atoms with E-state index in [2.05, 4.69) is 43.4 Å². The van der Waals surface area contributed by atoms with Gasteiger partial charge in [-0.2, -0.15) is 0 Å². The molecular weight excluding hydrogens is 396 g/mol. The first-order chi connectivity index (χ1) is 15.5. The van der Waals surface area contributed by atoms with E-state index in [-0.39, 0.29) is 5.56 Å². The molecule has 4 rings (SSSR count). The highest BCUT2D eigenvalue weighted by molar-refractivity contribution is 5.98. The van der Waals surface area contributed by atoms with Gasteiger partial charge in [0.25, 0.3) is 5.56 Å². The summed E-state index contributed by atoms with van der Waals surface area (Å²) in [6.07, 6.45) is 0.852. The number of methoxy groups -OCH3 is 1. The van der Waals surface area contributed by atoms with Gasteiger partial charge in [0, 0.05) is 30.2 Å². The van der Waals surface area contributed by atoms with Crippen LogP contribution in [0.3, 0.4) is 0 Å². The number of hydrogen-bond acceptors (Lipinski definition) is 3. The van der Waals surface area contributed by atoms with Crippen LogP contribution in [0.2, 0.25) is 0 Å². The molecule has 3 aromatic carbocycles. The number of aromatic nitrogens is 1. The van der Waals surface area contributed by atoms with Gasteiger partial charge in [0.15, 0.2) is 0 Å². The first-order valence-electron chi connectivity index (χ1n) is 11.0. The molecule has 0 radical (unpaired) electrons. The molecule has 0 saturated carbocycles. The number of rotatable bonds is 7. The van der Waals surface area contributed by atoms with Crippen LogP contribution in [0.1, 0.15) is 22.4 Å². The van der Waals surface area contributed by atoms with E-state index in [0.29, 0.717) is 6.54 Å². The number of nitrogens with one attached hydrogen (secondary N) is 1. The molecule has 0 aliphatic rings. The molecule has 0 aliphatic carbocycles. The third-order valence-electron chi connectivity index (χ3n) is 6.25. The number of ether oxygens (including phenoxy) is 1. The Morgan fingerprint density at radius 2 is 1.56 bits per heavy atom. The minimum Gasteiger partial charge on any atom is -0.496 e. The first kappa shape index (κ1) is 21.8. The zero-order chi connectivity index (χ0) is 22.7. The standard InChI is InChI=1S/C28H30N2O2/c1-19-16-23-24(17-20(19)2)28(31)30(3)25(27(23)22-11-6-5-7-12-22)18-29-15-14-21-10-8-9-13-26(21)32-4/h5-13,16-17,29H,14-15,18H2,1-4H3. The lowest BCUT2D eigenvalue weighted by Crippen LogP contribution is -2.27. The van der Waals surface area contributed by atoms with Crippen molar-refractivity contribution in [3.63, 3.8) is 0 Å². The molecule has 4 heteroatoms. The average Bonchev–Trinajstić information content (AvgIpc) is 2.82. The highest BCUT2D eigenvalue weighted by Gasteiger charge is 2.17. The van der Waals surface area contributed by atoms with Gasteiger partial charge in [0.1, 0.15) is 5.75 Å². The van der Waals surface area contributed by atoms with Crippen LogP contribution in [-0.2, 0) is 20.0 Å². The van der Waals surface area contributed by atoms with Gasteiger partial charge in [-0.05, 0) is 66.6 Å². The Morgan fingerprint density at radius 1 is 0.906 bits per heavy atom. The molecule has 1 aromatic heterocycles. The molecule has 0 atom stereocenters. The van der Waals surface area contributed by atoms with Gasteiger partial charge in [-0.25, -0.2) is 0 Å². The Labute approximate surface area is 189 Å². The van der Waals surface area contributed by atoms with Gasteiger partial charge in [0.05, 0.1) is 7.11 Å². The summed E-state index contributed by atoms with van der Waals surface area (Å²) in [4.78, 5) is 13.3. The van der Waals surface area contributed by atoms with Gasteiger partial charge in [-0.15, -0.1) is 0 Å². The van der Waals surface area contributed by atoms with Crippen LogP contribution in [0.15, 0.2) is 71.5 Å². The molecule has 0 saturated heterocycles. The molecule has 4 nitrogen and oxygen atoms in total. The molecular formula is C28H30N2O2. The SMILES string of the molecule is COc1ccccc1CCNCc1c(-c2ccccc2)c2cc(C)c(C)cc2c(=O)n1C. The van der Waals surface area contributed by atoms with E-state index in [1.165, 1.54) is 11.1 Å². The van der Waals surface area contributed by atoms with Gasteiger partial charge in [-0.3, -0.25) is 4.79 Å². The lowest BCUT2D eigenvalue weighted by Gasteiger charge is -2.19. The maximum atomic E-state index is 13.3. The first-order valence-corrected chi connectivity index (χ1v) is 11.0. The summed E-state index contributed by atoms with van der Waals surface area (Å²) in [5, 5.41) is 5.34. The summed E-state index contributed by atoms with van der Waals surface area (Å²) in [6.45, 7) is 5.55. The average molecular weight is 427 g/mol. The predicted octanol–water partition coefficient (Wildman–Crippen LogP) is 5.16. The van der Waals surface area contributed by atoms with Crippen LogP contribution in [0.4, 0.5) is 0 Å². The van der Waals surface area contributed by atoms with Gasteiger partial charge in [0.2, 0.25) is 0 Å². The van der Waals surface area contributed by atoms with E-state index < -0.39 is 0 Å².